The summed E-state index contributed by atoms with van der Waals surface area (Å²) >= 11 is 10.5. The fraction of sp³-hybridized carbons (Fsp3) is 0.700. The molecule has 0 aromatic rings. The molecule has 6 heteroatoms. The van der Waals surface area contributed by atoms with Crippen LogP contribution < -0.4 is 0 Å². The molecule has 0 saturated heterocycles. The molecule has 0 fully saturated rings. The lowest BCUT2D eigenvalue weighted by Crippen LogP contribution is -2.26. The van der Waals surface area contributed by atoms with Crippen molar-refractivity contribution in [3.63, 3.8) is 0 Å². The second kappa shape index (κ2) is 6.21. The second-order valence-electron chi connectivity index (χ2n) is 4.25. The van der Waals surface area contributed by atoms with Crippen LogP contribution >= 0.6 is 23.2 Å². The van der Waals surface area contributed by atoms with Gasteiger partial charge >= 0.3 is 5.97 Å². The zero-order valence-corrected chi connectivity index (χ0v) is 10.9. The normalized spacial score (nSPS) is 11.4. The molecule has 0 rings (SSSR count). The molecule has 16 heavy (non-hydrogen) atoms. The number of ether oxygens (including phenoxy) is 1. The van der Waals surface area contributed by atoms with Crippen LogP contribution in [0.4, 0.5) is 0 Å². The Labute approximate surface area is 104 Å². The molecule has 0 atom stereocenters. The summed E-state index contributed by atoms with van der Waals surface area (Å²) in [5, 5.41) is 0. The number of carbonyl (C=O) groups is 3. The molecular formula is C10H14Cl2O4. The van der Waals surface area contributed by atoms with Crippen molar-refractivity contribution in [1.29, 1.82) is 0 Å². The smallest absolute Gasteiger partial charge is 0.313 e. The van der Waals surface area contributed by atoms with Gasteiger partial charge in [0.15, 0.2) is 16.4 Å². The molecule has 92 valence electrons. The molecule has 0 aromatic heterocycles. The van der Waals surface area contributed by atoms with Crippen molar-refractivity contribution in [3.8, 4) is 0 Å². The zero-order valence-electron chi connectivity index (χ0n) is 9.38. The first-order valence-corrected chi connectivity index (χ1v) is 5.53. The maximum absolute atomic E-state index is 11.2. The third kappa shape index (κ3) is 7.65. The van der Waals surface area contributed by atoms with E-state index in [1.165, 1.54) is 0 Å². The van der Waals surface area contributed by atoms with Crippen molar-refractivity contribution in [2.45, 2.75) is 44.1 Å². The van der Waals surface area contributed by atoms with E-state index in [1.807, 2.05) is 0 Å². The number of rotatable bonds is 5. The van der Waals surface area contributed by atoms with E-state index < -0.39 is 40.8 Å². The minimum atomic E-state index is -1.23. The van der Waals surface area contributed by atoms with Gasteiger partial charge in [-0.25, -0.2) is 0 Å². The van der Waals surface area contributed by atoms with Crippen LogP contribution in [0.5, 0.6) is 0 Å². The Balaban J connectivity index is 4.07. The molecule has 0 N–H and O–H groups in total. The average Bonchev–Trinajstić information content (AvgIpc) is 1.98. The van der Waals surface area contributed by atoms with Gasteiger partial charge in [0.2, 0.25) is 0 Å². The fourth-order valence-corrected chi connectivity index (χ4v) is 1.03. The van der Waals surface area contributed by atoms with Crippen LogP contribution in [0.3, 0.4) is 0 Å². The third-order valence-electron chi connectivity index (χ3n) is 1.38. The van der Waals surface area contributed by atoms with E-state index >= 15 is 0 Å². The monoisotopic (exact) mass is 268 g/mol. The van der Waals surface area contributed by atoms with Crippen molar-refractivity contribution >= 4 is 40.7 Å². The van der Waals surface area contributed by atoms with Crippen molar-refractivity contribution in [1.82, 2.24) is 0 Å². The Morgan fingerprint density at radius 1 is 1.12 bits per heavy atom. The first kappa shape index (κ1) is 15.4. The van der Waals surface area contributed by atoms with Gasteiger partial charge < -0.3 is 4.74 Å². The highest BCUT2D eigenvalue weighted by Gasteiger charge is 2.22. The Kier molecular flexibility index (Phi) is 5.97. The van der Waals surface area contributed by atoms with Crippen LogP contribution in [-0.4, -0.2) is 28.0 Å². The van der Waals surface area contributed by atoms with Gasteiger partial charge in [-0.3, -0.25) is 14.4 Å². The topological polar surface area (TPSA) is 60.4 Å². The summed E-state index contributed by atoms with van der Waals surface area (Å²) in [6.07, 6.45) is -0.888. The minimum Gasteiger partial charge on any atom is -0.460 e. The summed E-state index contributed by atoms with van der Waals surface area (Å²) in [5.41, 5.74) is -0.650. The van der Waals surface area contributed by atoms with E-state index in [-0.39, 0.29) is 0 Å². The molecule has 0 radical (unpaired) electrons. The molecule has 0 aromatic carbocycles. The number of esters is 1. The van der Waals surface area contributed by atoms with Crippen molar-refractivity contribution in [2.75, 3.05) is 0 Å². The first-order chi connectivity index (χ1) is 7.11. The number of halogens is 2. The Bertz CT molecular complexity index is 292. The highest BCUT2D eigenvalue weighted by atomic mass is 35.5. The predicted octanol–water partition coefficient (Wildman–Crippen LogP) is 2.05. The maximum Gasteiger partial charge on any atom is 0.313 e. The molecule has 0 aliphatic carbocycles. The largest absolute Gasteiger partial charge is 0.460 e. The number of hydrogen-bond donors (Lipinski definition) is 0. The van der Waals surface area contributed by atoms with E-state index in [0.29, 0.717) is 0 Å². The van der Waals surface area contributed by atoms with E-state index in [1.54, 1.807) is 20.8 Å². The Hall–Kier alpha value is -0.610. The lowest BCUT2D eigenvalue weighted by Gasteiger charge is -2.19. The average molecular weight is 269 g/mol. The van der Waals surface area contributed by atoms with Crippen molar-refractivity contribution in [3.05, 3.63) is 0 Å². The minimum absolute atomic E-state index is 0.441. The van der Waals surface area contributed by atoms with Gasteiger partial charge in [-0.2, -0.15) is 0 Å². The molecule has 0 saturated carbocycles. The van der Waals surface area contributed by atoms with Crippen LogP contribution in [0.2, 0.25) is 0 Å². The van der Waals surface area contributed by atoms with Crippen molar-refractivity contribution in [2.24, 2.45) is 0 Å². The molecule has 0 heterocycles. The second-order valence-corrected chi connectivity index (χ2v) is 5.34. The fourth-order valence-electron chi connectivity index (χ4n) is 0.873. The summed E-state index contributed by atoms with van der Waals surface area (Å²) in [4.78, 5) is 32.2. The van der Waals surface area contributed by atoms with Gasteiger partial charge in [-0.15, -0.1) is 0 Å². The van der Waals surface area contributed by atoms with E-state index in [4.69, 9.17) is 27.9 Å². The van der Waals surface area contributed by atoms with E-state index in [9.17, 15) is 14.4 Å². The highest BCUT2D eigenvalue weighted by Crippen LogP contribution is 2.10. The van der Waals surface area contributed by atoms with Gasteiger partial charge in [0, 0.05) is 0 Å². The molecule has 0 aliphatic heterocycles. The van der Waals surface area contributed by atoms with Crippen LogP contribution in [-0.2, 0) is 19.1 Å². The SMILES string of the molecule is CC(C)(C)OC(=O)CC(=O)CC(=O)C(Cl)Cl. The van der Waals surface area contributed by atoms with Gasteiger partial charge in [0.1, 0.15) is 12.0 Å². The van der Waals surface area contributed by atoms with Gasteiger partial charge in [-0.1, -0.05) is 23.2 Å². The summed E-state index contributed by atoms with van der Waals surface area (Å²) in [5.74, 6) is -1.83. The zero-order chi connectivity index (χ0) is 12.9. The molecule has 0 spiro atoms. The van der Waals surface area contributed by atoms with E-state index in [2.05, 4.69) is 0 Å². The summed E-state index contributed by atoms with van der Waals surface area (Å²) in [6, 6.07) is 0. The Morgan fingerprint density at radius 2 is 1.62 bits per heavy atom. The van der Waals surface area contributed by atoms with E-state index in [0.717, 1.165) is 0 Å². The third-order valence-corrected chi connectivity index (χ3v) is 1.86. The lowest BCUT2D eigenvalue weighted by atomic mass is 10.1. The summed E-state index contributed by atoms with van der Waals surface area (Å²) < 4.78 is 4.91. The number of carbonyl (C=O) groups excluding carboxylic acids is 3. The van der Waals surface area contributed by atoms with Crippen LogP contribution in [0.1, 0.15) is 33.6 Å². The molecule has 0 amide bonds. The van der Waals surface area contributed by atoms with Crippen LogP contribution in [0.15, 0.2) is 0 Å². The number of hydrogen-bond acceptors (Lipinski definition) is 4. The quantitative estimate of drug-likeness (QED) is 0.435. The van der Waals surface area contributed by atoms with Crippen LogP contribution in [0, 0.1) is 0 Å². The predicted molar refractivity (Wildman–Crippen MR) is 60.6 cm³/mol. The van der Waals surface area contributed by atoms with Crippen molar-refractivity contribution < 1.29 is 19.1 Å². The summed E-state index contributed by atoms with van der Waals surface area (Å²) in [7, 11) is 0. The van der Waals surface area contributed by atoms with Gasteiger partial charge in [0.25, 0.3) is 0 Å². The molecule has 0 bridgehead atoms. The van der Waals surface area contributed by atoms with Gasteiger partial charge in [0.05, 0.1) is 6.42 Å². The number of ketones is 2. The molecule has 4 nitrogen and oxygen atoms in total. The highest BCUT2D eigenvalue weighted by molar-refractivity contribution is 6.54. The number of alkyl halides is 2. The molecular weight excluding hydrogens is 255 g/mol. The first-order valence-electron chi connectivity index (χ1n) is 4.66. The van der Waals surface area contributed by atoms with Crippen LogP contribution in [0.25, 0.3) is 0 Å². The standard InChI is InChI=1S/C10H14Cl2O4/c1-10(2,3)16-8(15)5-6(13)4-7(14)9(11)12/h9H,4-5H2,1-3H3. The molecule has 0 unspecified atom stereocenters. The lowest BCUT2D eigenvalue weighted by molar-refractivity contribution is -0.156. The maximum atomic E-state index is 11.2. The van der Waals surface area contributed by atoms with Gasteiger partial charge in [-0.05, 0) is 20.8 Å². The Morgan fingerprint density at radius 3 is 2.00 bits per heavy atom. The molecule has 0 aliphatic rings. The number of Topliss-reactive ketones (excluding diaryl/α,β-unsaturated/α-hetero) is 2. The summed E-state index contributed by atoms with van der Waals surface area (Å²) in [6.45, 7) is 5.07.